The fourth-order valence-corrected chi connectivity index (χ4v) is 3.69. The summed E-state index contributed by atoms with van der Waals surface area (Å²) in [5, 5.41) is 10.4. The maximum atomic E-state index is 9.21. The monoisotopic (exact) mass is 289 g/mol. The van der Waals surface area contributed by atoms with E-state index in [4.69, 9.17) is 11.6 Å². The molecule has 1 fully saturated rings. The molecule has 3 rings (SSSR count). The molecule has 0 spiro atoms. The topological polar surface area (TPSA) is 39.9 Å². The molecule has 0 saturated carbocycles. The molecule has 0 aliphatic carbocycles. The summed E-state index contributed by atoms with van der Waals surface area (Å²) in [4.78, 5) is 2.26. The van der Waals surface area contributed by atoms with Crippen LogP contribution in [0.4, 0.5) is 5.00 Å². The highest BCUT2D eigenvalue weighted by Gasteiger charge is 2.30. The third-order valence-corrected chi connectivity index (χ3v) is 4.70. The SMILES string of the molecule is N#Cc1c(Cl)nsc1N1CCCC1c1ccccc1. The number of anilines is 1. The lowest BCUT2D eigenvalue weighted by Crippen LogP contribution is -2.22. The van der Waals surface area contributed by atoms with E-state index in [9.17, 15) is 5.26 Å². The Morgan fingerprint density at radius 1 is 1.37 bits per heavy atom. The first kappa shape index (κ1) is 12.5. The Balaban J connectivity index is 1.98. The normalized spacial score (nSPS) is 18.5. The number of rotatable bonds is 2. The molecule has 0 amide bonds. The van der Waals surface area contributed by atoms with Gasteiger partial charge in [0.25, 0.3) is 0 Å². The van der Waals surface area contributed by atoms with Gasteiger partial charge in [-0.05, 0) is 29.9 Å². The van der Waals surface area contributed by atoms with Crippen molar-refractivity contribution in [1.29, 1.82) is 5.26 Å². The molecule has 19 heavy (non-hydrogen) atoms. The number of aromatic nitrogens is 1. The van der Waals surface area contributed by atoms with E-state index in [0.717, 1.165) is 24.4 Å². The molecule has 5 heteroatoms. The van der Waals surface area contributed by atoms with Crippen LogP contribution >= 0.6 is 23.1 Å². The predicted molar refractivity (Wildman–Crippen MR) is 77.6 cm³/mol. The Morgan fingerprint density at radius 2 is 2.16 bits per heavy atom. The number of nitriles is 1. The second-order valence-electron chi connectivity index (χ2n) is 4.53. The van der Waals surface area contributed by atoms with Gasteiger partial charge < -0.3 is 4.90 Å². The number of benzene rings is 1. The van der Waals surface area contributed by atoms with E-state index in [1.807, 2.05) is 6.07 Å². The second kappa shape index (κ2) is 5.20. The van der Waals surface area contributed by atoms with Gasteiger partial charge in [0.05, 0.1) is 6.04 Å². The van der Waals surface area contributed by atoms with E-state index in [0.29, 0.717) is 16.8 Å². The minimum atomic E-state index is 0.321. The molecule has 0 N–H and O–H groups in total. The first-order valence-electron chi connectivity index (χ1n) is 6.18. The van der Waals surface area contributed by atoms with Crippen LogP contribution in [0.1, 0.15) is 30.0 Å². The van der Waals surface area contributed by atoms with Crippen molar-refractivity contribution >= 4 is 28.1 Å². The molecule has 1 aliphatic heterocycles. The standard InChI is InChI=1S/C14H12ClN3S/c15-13-11(9-16)14(19-17-13)18-8-4-7-12(18)10-5-2-1-3-6-10/h1-3,5-6,12H,4,7-8H2. The van der Waals surface area contributed by atoms with Crippen molar-refractivity contribution in [1.82, 2.24) is 4.37 Å². The van der Waals surface area contributed by atoms with Crippen LogP contribution < -0.4 is 4.90 Å². The summed E-state index contributed by atoms with van der Waals surface area (Å²) < 4.78 is 4.10. The average molecular weight is 290 g/mol. The molecule has 3 nitrogen and oxygen atoms in total. The Kier molecular flexibility index (Phi) is 3.41. The van der Waals surface area contributed by atoms with Crippen LogP contribution in [-0.4, -0.2) is 10.9 Å². The number of halogens is 1. The molecule has 1 unspecified atom stereocenters. The Bertz CT molecular complexity index is 617. The largest absolute Gasteiger partial charge is 0.354 e. The molecular formula is C14H12ClN3S. The third kappa shape index (κ3) is 2.20. The molecule has 1 saturated heterocycles. The van der Waals surface area contributed by atoms with Gasteiger partial charge in [-0.25, -0.2) is 0 Å². The summed E-state index contributed by atoms with van der Waals surface area (Å²) >= 11 is 7.29. The summed E-state index contributed by atoms with van der Waals surface area (Å²) in [6.45, 7) is 0.951. The minimum absolute atomic E-state index is 0.321. The maximum absolute atomic E-state index is 9.21. The van der Waals surface area contributed by atoms with Gasteiger partial charge in [-0.1, -0.05) is 41.9 Å². The van der Waals surface area contributed by atoms with E-state index in [1.54, 1.807) is 0 Å². The number of hydrogen-bond donors (Lipinski definition) is 0. The zero-order chi connectivity index (χ0) is 13.2. The lowest BCUT2D eigenvalue weighted by Gasteiger charge is -2.25. The van der Waals surface area contributed by atoms with Crippen molar-refractivity contribution in [3.63, 3.8) is 0 Å². The Hall–Kier alpha value is -1.57. The Morgan fingerprint density at radius 3 is 2.89 bits per heavy atom. The first-order valence-corrected chi connectivity index (χ1v) is 7.33. The molecule has 96 valence electrons. The Labute approximate surface area is 121 Å². The van der Waals surface area contributed by atoms with E-state index in [-0.39, 0.29) is 0 Å². The number of nitrogens with zero attached hydrogens (tertiary/aromatic N) is 3. The fraction of sp³-hybridized carbons (Fsp3) is 0.286. The quantitative estimate of drug-likeness (QED) is 0.838. The van der Waals surface area contributed by atoms with Crippen LogP contribution in [0.3, 0.4) is 0 Å². The molecule has 2 aromatic rings. The van der Waals surface area contributed by atoms with E-state index in [1.165, 1.54) is 17.1 Å². The van der Waals surface area contributed by atoms with Crippen molar-refractivity contribution in [2.24, 2.45) is 0 Å². The number of hydrogen-bond acceptors (Lipinski definition) is 4. The van der Waals surface area contributed by atoms with Gasteiger partial charge in [-0.15, -0.1) is 0 Å². The summed E-state index contributed by atoms with van der Waals surface area (Å²) in [7, 11) is 0. The summed E-state index contributed by atoms with van der Waals surface area (Å²) in [5.41, 5.74) is 1.79. The summed E-state index contributed by atoms with van der Waals surface area (Å²) in [5.74, 6) is 0. The highest BCUT2D eigenvalue weighted by Crippen LogP contribution is 2.41. The smallest absolute Gasteiger partial charge is 0.162 e. The van der Waals surface area contributed by atoms with Gasteiger partial charge in [0, 0.05) is 6.54 Å². The predicted octanol–water partition coefficient (Wildman–Crippen LogP) is 4.01. The summed E-state index contributed by atoms with van der Waals surface area (Å²) in [6.07, 6.45) is 2.23. The molecule has 2 heterocycles. The van der Waals surface area contributed by atoms with Gasteiger partial charge in [-0.2, -0.15) is 9.64 Å². The summed E-state index contributed by atoms with van der Waals surface area (Å²) in [6, 6.07) is 12.9. The van der Waals surface area contributed by atoms with Crippen LogP contribution in [-0.2, 0) is 0 Å². The van der Waals surface area contributed by atoms with Crippen molar-refractivity contribution in [2.45, 2.75) is 18.9 Å². The second-order valence-corrected chi connectivity index (χ2v) is 5.64. The van der Waals surface area contributed by atoms with Crippen LogP contribution in [0.15, 0.2) is 30.3 Å². The van der Waals surface area contributed by atoms with Gasteiger partial charge in [-0.3, -0.25) is 0 Å². The zero-order valence-corrected chi connectivity index (χ0v) is 11.8. The van der Waals surface area contributed by atoms with Crippen LogP contribution in [0, 0.1) is 11.3 Å². The van der Waals surface area contributed by atoms with E-state index < -0.39 is 0 Å². The van der Waals surface area contributed by atoms with Crippen molar-refractivity contribution in [3.05, 3.63) is 46.6 Å². The molecular weight excluding hydrogens is 278 g/mol. The maximum Gasteiger partial charge on any atom is 0.162 e. The molecule has 0 bridgehead atoms. The molecule has 0 radical (unpaired) electrons. The highest BCUT2D eigenvalue weighted by molar-refractivity contribution is 7.10. The van der Waals surface area contributed by atoms with Gasteiger partial charge in [0.1, 0.15) is 16.6 Å². The highest BCUT2D eigenvalue weighted by atomic mass is 35.5. The van der Waals surface area contributed by atoms with Crippen molar-refractivity contribution in [2.75, 3.05) is 11.4 Å². The van der Waals surface area contributed by atoms with Crippen LogP contribution in [0.25, 0.3) is 0 Å². The fourth-order valence-electron chi connectivity index (χ4n) is 2.58. The lowest BCUT2D eigenvalue weighted by atomic mass is 10.0. The van der Waals surface area contributed by atoms with Crippen molar-refractivity contribution in [3.8, 4) is 6.07 Å². The molecule has 1 aromatic carbocycles. The molecule has 1 atom stereocenters. The van der Waals surface area contributed by atoms with E-state index in [2.05, 4.69) is 39.6 Å². The van der Waals surface area contributed by atoms with Crippen LogP contribution in [0.2, 0.25) is 5.15 Å². The van der Waals surface area contributed by atoms with Crippen LogP contribution in [0.5, 0.6) is 0 Å². The van der Waals surface area contributed by atoms with Crippen molar-refractivity contribution < 1.29 is 0 Å². The lowest BCUT2D eigenvalue weighted by molar-refractivity contribution is 0.723. The first-order chi connectivity index (χ1) is 9.31. The van der Waals surface area contributed by atoms with Gasteiger partial charge in [0.2, 0.25) is 0 Å². The van der Waals surface area contributed by atoms with E-state index >= 15 is 0 Å². The average Bonchev–Trinajstić information content (AvgIpc) is 3.05. The third-order valence-electron chi connectivity index (χ3n) is 3.44. The minimum Gasteiger partial charge on any atom is -0.354 e. The van der Waals surface area contributed by atoms with Gasteiger partial charge >= 0.3 is 0 Å². The zero-order valence-electron chi connectivity index (χ0n) is 10.2. The molecule has 1 aromatic heterocycles. The molecule has 1 aliphatic rings. The van der Waals surface area contributed by atoms with Gasteiger partial charge in [0.15, 0.2) is 5.15 Å².